The lowest BCUT2D eigenvalue weighted by Crippen LogP contribution is -2.30. The Kier molecular flexibility index (Phi) is 5.42. The first kappa shape index (κ1) is 20.5. The van der Waals surface area contributed by atoms with Crippen molar-refractivity contribution in [1.82, 2.24) is 24.2 Å². The number of aryl methyl sites for hydroxylation is 1. The van der Waals surface area contributed by atoms with E-state index in [1.807, 2.05) is 62.7 Å². The van der Waals surface area contributed by atoms with Crippen LogP contribution >= 0.6 is 0 Å². The molecule has 0 radical (unpaired) electrons. The minimum absolute atomic E-state index is 0.0608. The van der Waals surface area contributed by atoms with Gasteiger partial charge in [0.05, 0.1) is 17.3 Å². The molecule has 4 rings (SSSR count). The van der Waals surface area contributed by atoms with Gasteiger partial charge >= 0.3 is 0 Å². The fourth-order valence-electron chi connectivity index (χ4n) is 3.80. The molecule has 0 spiro atoms. The van der Waals surface area contributed by atoms with E-state index >= 15 is 0 Å². The van der Waals surface area contributed by atoms with E-state index in [0.717, 1.165) is 28.3 Å². The molecule has 0 aliphatic rings. The van der Waals surface area contributed by atoms with Crippen molar-refractivity contribution in [1.29, 1.82) is 0 Å². The zero-order valence-corrected chi connectivity index (χ0v) is 18.0. The quantitative estimate of drug-likeness (QED) is 0.475. The average molecular weight is 417 g/mol. The van der Waals surface area contributed by atoms with Crippen molar-refractivity contribution in [3.8, 4) is 11.4 Å². The van der Waals surface area contributed by atoms with Gasteiger partial charge in [0.1, 0.15) is 18.5 Å². The van der Waals surface area contributed by atoms with Crippen LogP contribution in [-0.2, 0) is 0 Å². The smallest absolute Gasteiger partial charge is 0.255 e. The minimum atomic E-state index is -0.286. The summed E-state index contributed by atoms with van der Waals surface area (Å²) in [4.78, 5) is 19.0. The Labute approximate surface area is 180 Å². The van der Waals surface area contributed by atoms with Crippen LogP contribution in [0.2, 0.25) is 0 Å². The van der Waals surface area contributed by atoms with E-state index in [-0.39, 0.29) is 17.8 Å². The molecule has 158 valence electrons. The number of carbonyl (C=O) groups is 1. The molecule has 0 aliphatic heterocycles. The summed E-state index contributed by atoms with van der Waals surface area (Å²) in [7, 11) is 1.81. The molecule has 0 bridgehead atoms. The Morgan fingerprint density at radius 1 is 1.03 bits per heavy atom. The third-order valence-electron chi connectivity index (χ3n) is 5.71. The number of carbonyl (C=O) groups excluding carboxylic acids is 1. The summed E-state index contributed by atoms with van der Waals surface area (Å²) in [6.07, 6.45) is 3.14. The van der Waals surface area contributed by atoms with Crippen LogP contribution in [0.25, 0.3) is 11.4 Å². The zero-order valence-electron chi connectivity index (χ0n) is 18.0. The van der Waals surface area contributed by atoms with E-state index in [2.05, 4.69) is 10.1 Å². The third-order valence-corrected chi connectivity index (χ3v) is 5.71. The molecule has 0 N–H and O–H groups in total. The van der Waals surface area contributed by atoms with Crippen molar-refractivity contribution >= 4 is 5.91 Å². The second-order valence-electron chi connectivity index (χ2n) is 7.62. The minimum Gasteiger partial charge on any atom is -0.335 e. The number of hydrogen-bond acceptors (Lipinski definition) is 3. The second kappa shape index (κ2) is 8.18. The van der Waals surface area contributed by atoms with Gasteiger partial charge < -0.3 is 9.47 Å². The van der Waals surface area contributed by atoms with Gasteiger partial charge in [-0.15, -0.1) is 0 Å². The molecule has 4 aromatic rings. The maximum atomic E-state index is 13.3. The van der Waals surface area contributed by atoms with Crippen molar-refractivity contribution in [3.63, 3.8) is 0 Å². The fourth-order valence-corrected chi connectivity index (χ4v) is 3.80. The molecule has 31 heavy (non-hydrogen) atoms. The zero-order chi connectivity index (χ0) is 22.1. The molecular formula is C24H24FN5O. The van der Waals surface area contributed by atoms with E-state index in [9.17, 15) is 9.18 Å². The molecule has 0 aliphatic carbocycles. The molecule has 6 nitrogen and oxygen atoms in total. The van der Waals surface area contributed by atoms with Crippen molar-refractivity contribution in [2.75, 3.05) is 7.05 Å². The molecule has 1 amide bonds. The van der Waals surface area contributed by atoms with Crippen molar-refractivity contribution in [2.45, 2.75) is 26.8 Å². The maximum Gasteiger partial charge on any atom is 0.255 e. The van der Waals surface area contributed by atoms with E-state index in [1.165, 1.54) is 18.5 Å². The summed E-state index contributed by atoms with van der Waals surface area (Å²) in [6, 6.07) is 15.9. The summed E-state index contributed by atoms with van der Waals surface area (Å²) >= 11 is 0. The van der Waals surface area contributed by atoms with E-state index in [1.54, 1.807) is 28.0 Å². The van der Waals surface area contributed by atoms with Gasteiger partial charge in [0.2, 0.25) is 0 Å². The van der Waals surface area contributed by atoms with Crippen LogP contribution in [0.5, 0.6) is 0 Å². The molecule has 2 heterocycles. The molecule has 0 saturated heterocycles. The van der Waals surface area contributed by atoms with Crippen LogP contribution in [0.15, 0.2) is 67.3 Å². The lowest BCUT2D eigenvalue weighted by atomic mass is 10.1. The Hall–Kier alpha value is -3.74. The van der Waals surface area contributed by atoms with Gasteiger partial charge in [-0.1, -0.05) is 12.1 Å². The van der Waals surface area contributed by atoms with Crippen LogP contribution < -0.4 is 0 Å². The average Bonchev–Trinajstić information content (AvgIpc) is 3.41. The lowest BCUT2D eigenvalue weighted by molar-refractivity contribution is 0.0742. The number of nitrogens with zero attached hydrogens (tertiary/aromatic N) is 5. The van der Waals surface area contributed by atoms with E-state index in [4.69, 9.17) is 0 Å². The lowest BCUT2D eigenvalue weighted by Gasteiger charge is -2.25. The highest BCUT2D eigenvalue weighted by Gasteiger charge is 2.23. The van der Waals surface area contributed by atoms with Gasteiger partial charge in [-0.2, -0.15) is 5.10 Å². The monoisotopic (exact) mass is 417 g/mol. The van der Waals surface area contributed by atoms with Gasteiger partial charge in [0, 0.05) is 24.1 Å². The first-order chi connectivity index (χ1) is 14.9. The first-order valence-electron chi connectivity index (χ1n) is 10.0. The largest absolute Gasteiger partial charge is 0.335 e. The second-order valence-corrected chi connectivity index (χ2v) is 7.62. The fraction of sp³-hybridized carbons (Fsp3) is 0.208. The van der Waals surface area contributed by atoms with Crippen molar-refractivity contribution in [2.24, 2.45) is 0 Å². The van der Waals surface area contributed by atoms with Gasteiger partial charge in [0.15, 0.2) is 0 Å². The van der Waals surface area contributed by atoms with Crippen LogP contribution in [-0.4, -0.2) is 37.2 Å². The topological polar surface area (TPSA) is 56.0 Å². The molecule has 1 atom stereocenters. The number of rotatable bonds is 5. The molecule has 1 unspecified atom stereocenters. The highest BCUT2D eigenvalue weighted by atomic mass is 19.1. The van der Waals surface area contributed by atoms with Gasteiger partial charge in [-0.05, 0) is 68.8 Å². The highest BCUT2D eigenvalue weighted by Crippen LogP contribution is 2.26. The summed E-state index contributed by atoms with van der Waals surface area (Å²) in [5.74, 6) is -0.347. The molecule has 2 aromatic heterocycles. The number of amides is 1. The van der Waals surface area contributed by atoms with E-state index < -0.39 is 0 Å². The molecular weight excluding hydrogens is 393 g/mol. The Morgan fingerprint density at radius 2 is 1.68 bits per heavy atom. The molecule has 0 fully saturated rings. The van der Waals surface area contributed by atoms with Crippen LogP contribution in [0.4, 0.5) is 4.39 Å². The summed E-state index contributed by atoms with van der Waals surface area (Å²) in [5.41, 5.74) is 5.14. The van der Waals surface area contributed by atoms with Crippen molar-refractivity contribution in [3.05, 3.63) is 95.6 Å². The van der Waals surface area contributed by atoms with Gasteiger partial charge in [0.25, 0.3) is 5.91 Å². The van der Waals surface area contributed by atoms with Crippen molar-refractivity contribution < 1.29 is 9.18 Å². The molecule has 0 saturated carbocycles. The Balaban J connectivity index is 1.58. The van der Waals surface area contributed by atoms with Gasteiger partial charge in [-0.25, -0.2) is 14.1 Å². The standard InChI is InChI=1S/C24H24FN5O/c1-16-13-23(18(3)30(16)22-11-7-20(25)8-12-22)24(31)28(4)17(2)19-5-9-21(10-6-19)29-15-26-14-27-29/h5-15,17H,1-4H3. The molecule has 2 aromatic carbocycles. The SMILES string of the molecule is Cc1cc(C(=O)N(C)C(C)c2ccc(-n3cncn3)cc2)c(C)n1-c1ccc(F)cc1. The first-order valence-corrected chi connectivity index (χ1v) is 10.0. The predicted octanol–water partition coefficient (Wildman–Crippen LogP) is 4.65. The Bertz CT molecular complexity index is 1190. The number of halogens is 1. The number of hydrogen-bond donors (Lipinski definition) is 0. The van der Waals surface area contributed by atoms with Crippen LogP contribution in [0.1, 0.15) is 40.3 Å². The highest BCUT2D eigenvalue weighted by molar-refractivity contribution is 5.96. The normalized spacial score (nSPS) is 12.0. The van der Waals surface area contributed by atoms with Gasteiger partial charge in [-0.3, -0.25) is 4.79 Å². The summed E-state index contributed by atoms with van der Waals surface area (Å²) < 4.78 is 17.0. The summed E-state index contributed by atoms with van der Waals surface area (Å²) in [6.45, 7) is 5.86. The number of benzene rings is 2. The predicted molar refractivity (Wildman–Crippen MR) is 117 cm³/mol. The number of aromatic nitrogens is 4. The Morgan fingerprint density at radius 3 is 2.29 bits per heavy atom. The summed E-state index contributed by atoms with van der Waals surface area (Å²) in [5, 5.41) is 4.13. The third kappa shape index (κ3) is 3.86. The van der Waals surface area contributed by atoms with E-state index in [0.29, 0.717) is 5.56 Å². The maximum absolute atomic E-state index is 13.3. The van der Waals surface area contributed by atoms with Crippen LogP contribution in [0, 0.1) is 19.7 Å². The van der Waals surface area contributed by atoms with Crippen LogP contribution in [0.3, 0.4) is 0 Å². The molecule has 7 heteroatoms.